The molecule has 0 atom stereocenters. The van der Waals surface area contributed by atoms with E-state index in [0.717, 1.165) is 0 Å². The van der Waals surface area contributed by atoms with Crippen LogP contribution in [0.1, 0.15) is 19.4 Å². The molecule has 1 nitrogen and oxygen atoms in total. The van der Waals surface area contributed by atoms with E-state index in [1.54, 1.807) is 18.2 Å². The summed E-state index contributed by atoms with van der Waals surface area (Å²) < 4.78 is 45.9. The Labute approximate surface area is 113 Å². The molecule has 0 saturated carbocycles. The molecule has 0 aliphatic heterocycles. The Balaban J connectivity index is 2.73. The molecule has 0 aliphatic carbocycles. The molecule has 16 heavy (non-hydrogen) atoms. The van der Waals surface area contributed by atoms with Crippen LogP contribution < -0.4 is 5.73 Å². The molecule has 0 radical (unpaired) electrons. The summed E-state index contributed by atoms with van der Waals surface area (Å²) in [6.45, 7) is -4.78. The van der Waals surface area contributed by atoms with Gasteiger partial charge in [-0.25, -0.2) is 0 Å². The lowest BCUT2D eigenvalue weighted by atomic mass is 9.99. The molecule has 82 valence electrons. The maximum absolute atomic E-state index is 7.54. The van der Waals surface area contributed by atoms with Gasteiger partial charge in [0.05, 0.1) is 5.69 Å². The first-order valence-electron chi connectivity index (χ1n) is 7.70. The third kappa shape index (κ3) is 2.12. The van der Waals surface area contributed by atoms with Crippen LogP contribution in [0.5, 0.6) is 0 Å². The number of halogens is 1. The summed E-state index contributed by atoms with van der Waals surface area (Å²) in [5.41, 5.74) is 7.46. The van der Waals surface area contributed by atoms with Gasteiger partial charge >= 0.3 is 0 Å². The molecular weight excluding hydrogens is 262 g/mol. The molecule has 2 N–H and O–H groups in total. The predicted octanol–water partition coefficient (Wildman–Crippen LogP) is 4.32. The number of nitrogens with two attached hydrogens (primary N) is 1. The summed E-state index contributed by atoms with van der Waals surface area (Å²) in [6.07, 6.45) is 0. The summed E-state index contributed by atoms with van der Waals surface area (Å²) in [5, 5.41) is 0. The van der Waals surface area contributed by atoms with Gasteiger partial charge in [0.25, 0.3) is 0 Å². The van der Waals surface area contributed by atoms with Crippen LogP contribution >= 0.6 is 15.9 Å². The van der Waals surface area contributed by atoms with Crippen molar-refractivity contribution in [3.8, 4) is 11.1 Å². The third-order valence-electron chi connectivity index (χ3n) is 2.30. The molecule has 2 rings (SSSR count). The summed E-state index contributed by atoms with van der Waals surface area (Å²) in [4.78, 5) is 0. The van der Waals surface area contributed by atoms with E-state index < -0.39 is 13.7 Å². The van der Waals surface area contributed by atoms with Gasteiger partial charge in [-0.1, -0.05) is 41.5 Å². The second kappa shape index (κ2) is 4.30. The fourth-order valence-electron chi connectivity index (χ4n) is 1.57. The highest BCUT2D eigenvalue weighted by Crippen LogP contribution is 2.32. The molecule has 2 aromatic carbocycles. The van der Waals surface area contributed by atoms with E-state index in [9.17, 15) is 0 Å². The minimum absolute atomic E-state index is 0.0181. The van der Waals surface area contributed by atoms with Gasteiger partial charge in [-0.05, 0) is 41.3 Å². The zero-order valence-corrected chi connectivity index (χ0v) is 10.0. The Hall–Kier alpha value is -1.28. The summed E-state index contributed by atoms with van der Waals surface area (Å²) >= 11 is 3.31. The number of para-hydroxylation sites is 1. The number of hydrogen-bond donors (Lipinski definition) is 1. The average molecular weight is 282 g/mol. The summed E-state index contributed by atoms with van der Waals surface area (Å²) in [7, 11) is 0. The van der Waals surface area contributed by atoms with Crippen LogP contribution in [-0.2, 0) is 0 Å². The van der Waals surface area contributed by atoms with Gasteiger partial charge in [-0.3, -0.25) is 0 Å². The number of nitrogen functional groups attached to an aromatic ring is 1. The van der Waals surface area contributed by atoms with E-state index in [0.29, 0.717) is 21.3 Å². The summed E-state index contributed by atoms with van der Waals surface area (Å²) in [5.74, 6) is 0. The van der Waals surface area contributed by atoms with Crippen LogP contribution in [0, 0.1) is 13.7 Å². The number of hydrogen-bond acceptors (Lipinski definition) is 1. The van der Waals surface area contributed by atoms with E-state index >= 15 is 0 Å². The lowest BCUT2D eigenvalue weighted by Crippen LogP contribution is -1.92. The van der Waals surface area contributed by atoms with Crippen molar-refractivity contribution in [1.29, 1.82) is 0 Å². The van der Waals surface area contributed by atoms with E-state index in [4.69, 9.17) is 14.0 Å². The second-order valence-corrected chi connectivity index (χ2v) is 4.35. The van der Waals surface area contributed by atoms with E-state index in [1.165, 1.54) is 18.2 Å². The Morgan fingerprint density at radius 2 is 1.81 bits per heavy atom. The topological polar surface area (TPSA) is 26.0 Å². The highest BCUT2D eigenvalue weighted by atomic mass is 79.9. The van der Waals surface area contributed by atoms with Crippen molar-refractivity contribution in [2.75, 3.05) is 5.73 Å². The number of rotatable bonds is 1. The van der Waals surface area contributed by atoms with E-state index in [-0.39, 0.29) is 11.1 Å². The van der Waals surface area contributed by atoms with Crippen LogP contribution in [0.2, 0.25) is 0 Å². The Morgan fingerprint density at radius 1 is 1.12 bits per heavy atom. The van der Waals surface area contributed by atoms with Crippen LogP contribution in [-0.4, -0.2) is 0 Å². The fraction of sp³-hybridized carbons (Fsp3) is 0.143. The highest BCUT2D eigenvalue weighted by molar-refractivity contribution is 9.10. The molecule has 0 aromatic heterocycles. The monoisotopic (exact) mass is 281 g/mol. The van der Waals surface area contributed by atoms with Crippen LogP contribution in [0.25, 0.3) is 11.1 Å². The molecule has 2 aromatic rings. The molecule has 0 fully saturated rings. The van der Waals surface area contributed by atoms with E-state index in [1.807, 2.05) is 0 Å². The minimum Gasteiger partial charge on any atom is -0.397 e. The van der Waals surface area contributed by atoms with Crippen molar-refractivity contribution in [3.63, 3.8) is 0 Å². The molecule has 0 aliphatic rings. The zero-order chi connectivity index (χ0) is 16.7. The van der Waals surface area contributed by atoms with Gasteiger partial charge in [0.2, 0.25) is 0 Å². The Morgan fingerprint density at radius 3 is 2.44 bits per heavy atom. The fourth-order valence-corrected chi connectivity index (χ4v) is 1.94. The molecule has 0 bridgehead atoms. The standard InChI is InChI=1S/C14H14BrN/c1-9-6-10(2)8-11(7-9)12-4-3-5-13(15)14(12)16/h3-8H,16H2,1-2H3/i1D3,2D3. The van der Waals surface area contributed by atoms with Gasteiger partial charge in [-0.2, -0.15) is 0 Å². The Bertz CT molecular complexity index is 673. The van der Waals surface area contributed by atoms with Gasteiger partial charge in [0.1, 0.15) is 0 Å². The molecule has 0 amide bonds. The van der Waals surface area contributed by atoms with Crippen LogP contribution in [0.4, 0.5) is 5.69 Å². The zero-order valence-electron chi connectivity index (χ0n) is 14.4. The van der Waals surface area contributed by atoms with Gasteiger partial charge in [0.15, 0.2) is 0 Å². The van der Waals surface area contributed by atoms with Crippen molar-refractivity contribution in [1.82, 2.24) is 0 Å². The molecule has 0 unspecified atom stereocenters. The number of benzene rings is 2. The minimum atomic E-state index is -2.39. The first-order chi connectivity index (χ1) is 10.00. The van der Waals surface area contributed by atoms with Gasteiger partial charge < -0.3 is 5.73 Å². The molecule has 0 heterocycles. The van der Waals surface area contributed by atoms with Crippen molar-refractivity contribution in [2.45, 2.75) is 13.7 Å². The van der Waals surface area contributed by atoms with Crippen molar-refractivity contribution in [2.24, 2.45) is 0 Å². The van der Waals surface area contributed by atoms with E-state index in [2.05, 4.69) is 15.9 Å². The Kier molecular flexibility index (Phi) is 1.58. The maximum atomic E-state index is 7.54. The lowest BCUT2D eigenvalue weighted by Gasteiger charge is -2.09. The molecule has 2 heteroatoms. The molecule has 0 saturated heterocycles. The first-order valence-corrected chi connectivity index (χ1v) is 5.50. The van der Waals surface area contributed by atoms with Gasteiger partial charge in [0, 0.05) is 18.3 Å². The smallest absolute Gasteiger partial charge is 0.0538 e. The largest absolute Gasteiger partial charge is 0.397 e. The normalized spacial score (nSPS) is 17.6. The highest BCUT2D eigenvalue weighted by Gasteiger charge is 2.05. The van der Waals surface area contributed by atoms with Crippen molar-refractivity contribution < 1.29 is 8.22 Å². The number of aryl methyl sites for hydroxylation is 2. The molecular formula is C14H14BrN. The second-order valence-electron chi connectivity index (χ2n) is 3.50. The van der Waals surface area contributed by atoms with Crippen LogP contribution in [0.3, 0.4) is 0 Å². The summed E-state index contributed by atoms with van der Waals surface area (Å²) in [6, 6.07) is 9.37. The predicted molar refractivity (Wildman–Crippen MR) is 73.5 cm³/mol. The van der Waals surface area contributed by atoms with Crippen LogP contribution in [0.15, 0.2) is 40.9 Å². The number of anilines is 1. The maximum Gasteiger partial charge on any atom is 0.0538 e. The average Bonchev–Trinajstić information content (AvgIpc) is 2.39. The quantitative estimate of drug-likeness (QED) is 0.775. The van der Waals surface area contributed by atoms with Crippen molar-refractivity contribution in [3.05, 3.63) is 52.0 Å². The lowest BCUT2D eigenvalue weighted by molar-refractivity contribution is 1.38. The van der Waals surface area contributed by atoms with Crippen molar-refractivity contribution >= 4 is 21.6 Å². The molecule has 0 spiro atoms. The SMILES string of the molecule is [2H]C([2H])([2H])c1cc(-c2cccc(Br)c2N)cc(C([2H])([2H])[2H])c1. The third-order valence-corrected chi connectivity index (χ3v) is 2.99. The van der Waals surface area contributed by atoms with Gasteiger partial charge in [-0.15, -0.1) is 0 Å². The first kappa shape index (κ1) is 5.87.